The van der Waals surface area contributed by atoms with Crippen LogP contribution in [0.1, 0.15) is 103 Å². The van der Waals surface area contributed by atoms with Crippen molar-refractivity contribution < 1.29 is 0 Å². The minimum Gasteiger partial charge on any atom is -0.398 e. The molecule has 1 saturated heterocycles. The molecule has 2 heterocycles. The van der Waals surface area contributed by atoms with E-state index >= 15 is 0 Å². The van der Waals surface area contributed by atoms with Gasteiger partial charge in [-0.2, -0.15) is 0 Å². The van der Waals surface area contributed by atoms with E-state index in [9.17, 15) is 0 Å². The molecule has 4 heteroatoms. The average Bonchev–Trinajstić information content (AvgIpc) is 3.10. The van der Waals surface area contributed by atoms with Crippen molar-refractivity contribution in [2.24, 2.45) is 35.3 Å². The second kappa shape index (κ2) is 13.5. The fraction of sp³-hybridized carbons (Fsp3) is 0.619. The highest BCUT2D eigenvalue weighted by Gasteiger charge is 2.52. The lowest BCUT2D eigenvalue weighted by molar-refractivity contribution is -0.0890. The van der Waals surface area contributed by atoms with E-state index in [0.29, 0.717) is 6.04 Å². The van der Waals surface area contributed by atoms with Crippen LogP contribution in [0, 0.1) is 29.6 Å². The van der Waals surface area contributed by atoms with E-state index < -0.39 is 0 Å². The van der Waals surface area contributed by atoms with Crippen LogP contribution in [0.3, 0.4) is 0 Å². The van der Waals surface area contributed by atoms with Crippen LogP contribution in [0.15, 0.2) is 54.3 Å². The van der Waals surface area contributed by atoms with Crippen LogP contribution in [0.5, 0.6) is 0 Å². The first kappa shape index (κ1) is 30.8. The summed E-state index contributed by atoms with van der Waals surface area (Å²) in [6.07, 6.45) is 31.2. The summed E-state index contributed by atoms with van der Waals surface area (Å²) in [7, 11) is 0. The number of fused-ring (bicyclic) bond motifs is 9. The zero-order chi connectivity index (χ0) is 31.0. The Balaban J connectivity index is 0.843. The summed E-state index contributed by atoms with van der Waals surface area (Å²) in [4.78, 5) is 5.55. The zero-order valence-electron chi connectivity index (χ0n) is 28.2. The predicted molar refractivity (Wildman–Crippen MR) is 194 cm³/mol. The fourth-order valence-corrected chi connectivity index (χ4v) is 11.3. The zero-order valence-corrected chi connectivity index (χ0v) is 28.2. The summed E-state index contributed by atoms with van der Waals surface area (Å²) < 4.78 is 0. The summed E-state index contributed by atoms with van der Waals surface area (Å²) >= 11 is 0. The molecule has 4 fully saturated rings. The van der Waals surface area contributed by atoms with E-state index in [2.05, 4.69) is 64.6 Å². The van der Waals surface area contributed by atoms with Crippen molar-refractivity contribution >= 4 is 28.2 Å². The standard InChI is InChI=1S/C42H58N4/c43-39-25-35-33-19-9-11-21-41(33)45(27-37(35)29-15-5-7-17-31(29)39)23-13-3-1-2-4-14-24-46-28-38-30-16-6-8-18-32(30)40(44)26-36(38)34-20-10-12-22-42(34)46/h5,7,9,11,15,17,21,25,27,30,32,34,36,38,40,42H,1-4,6,8,10,12-14,16,18-20,22-24,26,28,43-44H2. The van der Waals surface area contributed by atoms with Crippen molar-refractivity contribution in [3.8, 4) is 0 Å². The van der Waals surface area contributed by atoms with Crippen LogP contribution in [0.2, 0.25) is 0 Å². The number of hydrogen-bond acceptors (Lipinski definition) is 4. The third kappa shape index (κ3) is 5.76. The van der Waals surface area contributed by atoms with Gasteiger partial charge >= 0.3 is 0 Å². The van der Waals surface area contributed by atoms with E-state index in [4.69, 9.17) is 11.5 Å². The van der Waals surface area contributed by atoms with Crippen LogP contribution >= 0.6 is 0 Å². The monoisotopic (exact) mass is 618 g/mol. The third-order valence-corrected chi connectivity index (χ3v) is 13.5. The van der Waals surface area contributed by atoms with Gasteiger partial charge in [0.2, 0.25) is 0 Å². The summed E-state index contributed by atoms with van der Waals surface area (Å²) in [5.74, 6) is 4.54. The van der Waals surface area contributed by atoms with Gasteiger partial charge in [0.1, 0.15) is 0 Å². The molecule has 2 aliphatic heterocycles. The van der Waals surface area contributed by atoms with Gasteiger partial charge in [0.05, 0.1) is 0 Å². The molecular formula is C42H58N4. The highest BCUT2D eigenvalue weighted by atomic mass is 15.2. The number of hydrogen-bond donors (Lipinski definition) is 2. The molecule has 7 unspecified atom stereocenters. The number of unbranched alkanes of at least 4 members (excludes halogenated alkanes) is 5. The van der Waals surface area contributed by atoms with E-state index in [0.717, 1.165) is 54.3 Å². The van der Waals surface area contributed by atoms with E-state index in [1.165, 1.54) is 142 Å². The number of benzene rings is 2. The Morgan fingerprint density at radius 1 is 0.739 bits per heavy atom. The fourth-order valence-electron chi connectivity index (χ4n) is 11.3. The summed E-state index contributed by atoms with van der Waals surface area (Å²) in [5.41, 5.74) is 17.1. The molecule has 0 aromatic heterocycles. The molecule has 0 spiro atoms. The Labute approximate surface area is 277 Å². The van der Waals surface area contributed by atoms with E-state index in [-0.39, 0.29) is 0 Å². The minimum atomic E-state index is 0.486. The van der Waals surface area contributed by atoms with Gasteiger partial charge in [-0.3, -0.25) is 4.90 Å². The number of nitrogens with two attached hydrogens (primary N) is 2. The predicted octanol–water partition coefficient (Wildman–Crippen LogP) is 7.45. The van der Waals surface area contributed by atoms with Crippen molar-refractivity contribution in [3.63, 3.8) is 0 Å². The topological polar surface area (TPSA) is 58.5 Å². The molecule has 4 N–H and O–H groups in total. The molecule has 4 aliphatic carbocycles. The second-order valence-electron chi connectivity index (χ2n) is 15.9. The Morgan fingerprint density at radius 3 is 2.30 bits per heavy atom. The number of nitrogen functional groups attached to an aromatic ring is 1. The van der Waals surface area contributed by atoms with Crippen molar-refractivity contribution in [2.75, 3.05) is 25.4 Å². The maximum absolute atomic E-state index is 6.89. The lowest BCUT2D eigenvalue weighted by Gasteiger charge is -2.59. The van der Waals surface area contributed by atoms with Crippen LogP contribution in [-0.2, 0) is 0 Å². The molecule has 3 saturated carbocycles. The van der Waals surface area contributed by atoms with E-state index in [1.807, 2.05) is 0 Å². The lowest BCUT2D eigenvalue weighted by Crippen LogP contribution is -2.61. The molecular weight excluding hydrogens is 560 g/mol. The van der Waals surface area contributed by atoms with Gasteiger partial charge in [-0.25, -0.2) is 0 Å². The first-order valence-electron chi connectivity index (χ1n) is 19.3. The van der Waals surface area contributed by atoms with Crippen LogP contribution in [0.4, 0.5) is 5.69 Å². The normalized spacial score (nSPS) is 32.1. The number of nitrogens with zero attached hydrogens (tertiary/aromatic N) is 2. The molecule has 0 bridgehead atoms. The lowest BCUT2D eigenvalue weighted by atomic mass is 9.53. The Kier molecular flexibility index (Phi) is 9.03. The van der Waals surface area contributed by atoms with Gasteiger partial charge in [0, 0.05) is 53.4 Å². The van der Waals surface area contributed by atoms with Crippen molar-refractivity contribution in [3.05, 3.63) is 64.7 Å². The maximum atomic E-state index is 6.89. The van der Waals surface area contributed by atoms with Gasteiger partial charge in [-0.05, 0) is 116 Å². The quantitative estimate of drug-likeness (QED) is 0.226. The number of likely N-dealkylation sites (tertiary alicyclic amines) is 1. The first-order valence-corrected chi connectivity index (χ1v) is 19.3. The van der Waals surface area contributed by atoms with Crippen LogP contribution in [-0.4, -0.2) is 41.5 Å². The van der Waals surface area contributed by atoms with Crippen molar-refractivity contribution in [2.45, 2.75) is 115 Å². The Hall–Kier alpha value is -2.56. The third-order valence-electron chi connectivity index (χ3n) is 13.5. The smallest absolute Gasteiger partial charge is 0.0448 e. The van der Waals surface area contributed by atoms with Gasteiger partial charge in [0.15, 0.2) is 0 Å². The van der Waals surface area contributed by atoms with Crippen LogP contribution < -0.4 is 21.9 Å². The molecule has 4 nitrogen and oxygen atoms in total. The number of anilines is 1. The number of allylic oxidation sites excluding steroid dienone is 4. The largest absolute Gasteiger partial charge is 0.398 e. The first-order chi connectivity index (χ1) is 22.7. The van der Waals surface area contributed by atoms with Gasteiger partial charge in [-0.1, -0.05) is 87.8 Å². The molecule has 0 amide bonds. The highest BCUT2D eigenvalue weighted by Crippen LogP contribution is 2.53. The Bertz CT molecular complexity index is 1590. The molecule has 8 rings (SSSR count). The number of rotatable bonds is 9. The molecule has 7 atom stereocenters. The van der Waals surface area contributed by atoms with Crippen molar-refractivity contribution in [1.82, 2.24) is 9.80 Å². The molecule has 46 heavy (non-hydrogen) atoms. The highest BCUT2D eigenvalue weighted by molar-refractivity contribution is 5.95. The van der Waals surface area contributed by atoms with Crippen molar-refractivity contribution in [1.29, 1.82) is 0 Å². The maximum Gasteiger partial charge on any atom is 0.0448 e. The molecule has 2 aromatic rings. The summed E-state index contributed by atoms with van der Waals surface area (Å²) in [6.45, 7) is 3.82. The van der Waals surface area contributed by atoms with Gasteiger partial charge in [-0.15, -0.1) is 0 Å². The van der Waals surface area contributed by atoms with E-state index in [1.54, 1.807) is 0 Å². The average molecular weight is 619 g/mol. The van der Waals surface area contributed by atoms with Gasteiger partial charge in [0.25, 0.3) is 0 Å². The molecule has 2 aromatic carbocycles. The number of piperidine rings is 1. The van der Waals surface area contributed by atoms with Crippen LogP contribution in [0.25, 0.3) is 22.5 Å². The SMILES string of the molecule is Nc1cc2c(c3ccccc13)=CN(CCCCCCCCN1CC3C4CCCCC4C(N)CC3C3CCCCC31)C1=CC=CCC=21. The second-order valence-corrected chi connectivity index (χ2v) is 15.9. The molecule has 246 valence electrons. The molecule has 6 aliphatic rings. The summed E-state index contributed by atoms with van der Waals surface area (Å²) in [6, 6.07) is 12.2. The van der Waals surface area contributed by atoms with Gasteiger partial charge < -0.3 is 16.4 Å². The Morgan fingerprint density at radius 2 is 1.46 bits per heavy atom. The summed E-state index contributed by atoms with van der Waals surface area (Å²) in [5, 5.41) is 5.10. The molecule has 0 radical (unpaired) electrons. The minimum absolute atomic E-state index is 0.486.